The summed E-state index contributed by atoms with van der Waals surface area (Å²) in [6, 6.07) is 19.1. The van der Waals surface area contributed by atoms with E-state index in [2.05, 4.69) is 43.4 Å². The number of carboxylic acids is 1. The number of anilines is 3. The lowest BCUT2D eigenvalue weighted by molar-refractivity contribution is 0.0696. The Hall–Kier alpha value is -4.99. The average Bonchev–Trinajstić information content (AvgIpc) is 3.94. The van der Waals surface area contributed by atoms with Crippen molar-refractivity contribution in [2.45, 2.75) is 84.1 Å². The van der Waals surface area contributed by atoms with Crippen molar-refractivity contribution in [1.82, 2.24) is 19.5 Å². The first-order valence-electron chi connectivity index (χ1n) is 18.3. The van der Waals surface area contributed by atoms with Gasteiger partial charge in [0, 0.05) is 70.1 Å². The number of aromatic carboxylic acids is 1. The molecular formula is C40H51N7O3. The second kappa shape index (κ2) is 16.6. The van der Waals surface area contributed by atoms with Crippen LogP contribution in [0, 0.1) is 0 Å². The van der Waals surface area contributed by atoms with Gasteiger partial charge in [0.1, 0.15) is 22.4 Å². The Balaban J connectivity index is 0.000000282. The third-order valence-corrected chi connectivity index (χ3v) is 9.83. The van der Waals surface area contributed by atoms with Gasteiger partial charge in [-0.2, -0.15) is 0 Å². The van der Waals surface area contributed by atoms with Crippen LogP contribution in [0.25, 0.3) is 22.1 Å². The molecule has 0 aliphatic carbocycles. The molecule has 2 fully saturated rings. The normalized spacial score (nSPS) is 14.3. The lowest BCUT2D eigenvalue weighted by Gasteiger charge is -2.17. The summed E-state index contributed by atoms with van der Waals surface area (Å²) in [6.45, 7) is 7.45. The molecule has 0 spiro atoms. The summed E-state index contributed by atoms with van der Waals surface area (Å²) in [6.07, 6.45) is 13.3. The second-order valence-electron chi connectivity index (χ2n) is 13.4. The number of fused-ring (bicyclic) bond motifs is 3. The molecule has 50 heavy (non-hydrogen) atoms. The maximum absolute atomic E-state index is 12.7. The van der Waals surface area contributed by atoms with Gasteiger partial charge >= 0.3 is 5.97 Å². The van der Waals surface area contributed by atoms with E-state index in [1.54, 1.807) is 18.3 Å². The quantitative estimate of drug-likeness (QED) is 0.0935. The van der Waals surface area contributed by atoms with Crippen LogP contribution in [-0.4, -0.2) is 62.6 Å². The number of carbonyl (C=O) groups is 2. The van der Waals surface area contributed by atoms with Crippen LogP contribution >= 0.6 is 0 Å². The topological polar surface area (TPSA) is 130 Å². The number of benzene rings is 2. The molecule has 0 amide bonds. The van der Waals surface area contributed by atoms with Crippen LogP contribution in [-0.2, 0) is 13.0 Å². The van der Waals surface area contributed by atoms with Crippen molar-refractivity contribution in [2.24, 2.45) is 0 Å². The lowest BCUT2D eigenvalue weighted by Crippen LogP contribution is -2.17. The van der Waals surface area contributed by atoms with Crippen LogP contribution in [0.2, 0.25) is 0 Å². The fourth-order valence-electron chi connectivity index (χ4n) is 7.04. The highest BCUT2D eigenvalue weighted by atomic mass is 16.4. The number of nitrogen functional groups attached to an aromatic ring is 1. The minimum atomic E-state index is -0.863. The third-order valence-electron chi connectivity index (χ3n) is 9.83. The van der Waals surface area contributed by atoms with Crippen LogP contribution in [0.3, 0.4) is 0 Å². The smallest absolute Gasteiger partial charge is 0.335 e. The number of unbranched alkanes of at least 4 members (excludes halogenated alkanes) is 3. The van der Waals surface area contributed by atoms with Crippen LogP contribution in [0.15, 0.2) is 66.9 Å². The van der Waals surface area contributed by atoms with Crippen molar-refractivity contribution in [2.75, 3.05) is 41.7 Å². The second-order valence-corrected chi connectivity index (χ2v) is 13.4. The molecule has 5 heterocycles. The van der Waals surface area contributed by atoms with E-state index in [-0.39, 0.29) is 7.21 Å². The molecule has 0 saturated carbocycles. The molecule has 0 bridgehead atoms. The highest BCUT2D eigenvalue weighted by Gasteiger charge is 2.18. The number of rotatable bonds is 13. The molecule has 2 aliphatic heterocycles. The van der Waals surface area contributed by atoms with E-state index in [4.69, 9.17) is 15.8 Å². The number of hydrogen-bond donors (Lipinski definition) is 2. The van der Waals surface area contributed by atoms with Gasteiger partial charge in [-0.25, -0.2) is 14.8 Å². The molecule has 7 rings (SSSR count). The Morgan fingerprint density at radius 3 is 2.00 bits per heavy atom. The monoisotopic (exact) mass is 678 g/mol. The summed E-state index contributed by atoms with van der Waals surface area (Å²) in [4.78, 5) is 42.1. The van der Waals surface area contributed by atoms with E-state index < -0.39 is 5.97 Å². The van der Waals surface area contributed by atoms with Crippen LogP contribution < -0.4 is 15.5 Å². The molecule has 0 radical (unpaired) electrons. The Morgan fingerprint density at radius 2 is 1.40 bits per heavy atom. The highest BCUT2D eigenvalue weighted by Crippen LogP contribution is 2.29. The predicted molar refractivity (Wildman–Crippen MR) is 204 cm³/mol. The molecule has 2 saturated heterocycles. The fraction of sp³-hybridized carbons (Fsp3) is 0.425. The van der Waals surface area contributed by atoms with Crippen LogP contribution in [0.5, 0.6) is 0 Å². The predicted octanol–water partition coefficient (Wildman–Crippen LogP) is 8.18. The van der Waals surface area contributed by atoms with Gasteiger partial charge in [0.15, 0.2) is 11.6 Å². The number of ketones is 1. The first kappa shape index (κ1) is 34.9. The maximum atomic E-state index is 12.7. The van der Waals surface area contributed by atoms with E-state index in [1.165, 1.54) is 31.4 Å². The number of hydrogen-bond acceptors (Lipinski definition) is 8. The molecule has 10 nitrogen and oxygen atoms in total. The minimum absolute atomic E-state index is 0. The van der Waals surface area contributed by atoms with Crippen molar-refractivity contribution < 1.29 is 16.1 Å². The average molecular weight is 679 g/mol. The number of carbonyl (C=O) groups excluding carboxylic acids is 1. The number of imidazole rings is 1. The standard InChI is InChI=1S/C29H36N6O.C11H13NO2.H2/c1-2-3-12-25-33-27-28(26-23(32-29(27)30)10-9-17-31-26)35(25)20-6-4-5-11-24(36)21-13-15-22(16-14-21)34-18-7-8-19-34;13-11(14)9-3-5-10(6-4-9)12-7-1-2-8-12;/h9-10,13-17H,2-8,11-12,18-20H2,1H3,(H2,30,32);3-6H,1-2,7-8H2,(H,13,14);1H/i;;1+1. The molecule has 264 valence electrons. The molecule has 2 aromatic carbocycles. The first-order chi connectivity index (χ1) is 24.4. The van der Waals surface area contributed by atoms with Gasteiger partial charge in [0.25, 0.3) is 0 Å². The first-order valence-corrected chi connectivity index (χ1v) is 18.3. The number of Topliss-reactive ketones (excluding diaryl/α,β-unsaturated/α-hetero) is 1. The largest absolute Gasteiger partial charge is 0.478 e. The van der Waals surface area contributed by atoms with Gasteiger partial charge in [-0.3, -0.25) is 9.78 Å². The molecule has 3 N–H and O–H groups in total. The van der Waals surface area contributed by atoms with E-state index in [1.807, 2.05) is 36.4 Å². The summed E-state index contributed by atoms with van der Waals surface area (Å²) >= 11 is 0. The molecule has 5 aromatic rings. The van der Waals surface area contributed by atoms with E-state index in [0.29, 0.717) is 17.8 Å². The van der Waals surface area contributed by atoms with Gasteiger partial charge in [-0.05, 0) is 106 Å². The molecular weight excluding hydrogens is 626 g/mol. The zero-order chi connectivity index (χ0) is 34.9. The van der Waals surface area contributed by atoms with Crippen molar-refractivity contribution >= 4 is 51.0 Å². The van der Waals surface area contributed by atoms with Crippen LogP contribution in [0.4, 0.5) is 17.2 Å². The number of pyridine rings is 2. The van der Waals surface area contributed by atoms with Gasteiger partial charge < -0.3 is 25.2 Å². The number of nitrogens with two attached hydrogens (primary N) is 1. The molecule has 0 atom stereocenters. The van der Waals surface area contributed by atoms with Gasteiger partial charge in [0.05, 0.1) is 11.1 Å². The Morgan fingerprint density at radius 1 is 0.780 bits per heavy atom. The zero-order valence-electron chi connectivity index (χ0n) is 29.2. The molecule has 0 unspecified atom stereocenters. The van der Waals surface area contributed by atoms with Crippen molar-refractivity contribution in [3.05, 3.63) is 83.8 Å². The molecule has 3 aromatic heterocycles. The van der Waals surface area contributed by atoms with Crippen LogP contribution in [0.1, 0.15) is 99.1 Å². The Bertz CT molecular complexity index is 1900. The van der Waals surface area contributed by atoms with Gasteiger partial charge in [-0.1, -0.05) is 19.8 Å². The van der Waals surface area contributed by atoms with E-state index in [0.717, 1.165) is 110 Å². The van der Waals surface area contributed by atoms with Crippen molar-refractivity contribution in [3.8, 4) is 0 Å². The molecule has 2 aliphatic rings. The summed E-state index contributed by atoms with van der Waals surface area (Å²) in [7, 11) is 0. The summed E-state index contributed by atoms with van der Waals surface area (Å²) in [5.41, 5.74) is 13.2. The van der Waals surface area contributed by atoms with Gasteiger partial charge in [-0.15, -0.1) is 0 Å². The Kier molecular flexibility index (Phi) is 11.6. The number of carboxylic acid groups (broad SMARTS) is 1. The summed E-state index contributed by atoms with van der Waals surface area (Å²) in [5.74, 6) is 0.878. The van der Waals surface area contributed by atoms with E-state index >= 15 is 0 Å². The van der Waals surface area contributed by atoms with Crippen molar-refractivity contribution in [3.63, 3.8) is 0 Å². The minimum Gasteiger partial charge on any atom is -0.478 e. The number of nitrogens with zero attached hydrogens (tertiary/aromatic N) is 6. The Labute approximate surface area is 295 Å². The van der Waals surface area contributed by atoms with Gasteiger partial charge in [0.2, 0.25) is 0 Å². The summed E-state index contributed by atoms with van der Waals surface area (Å²) < 4.78 is 2.29. The number of aryl methyl sites for hydroxylation is 2. The number of aromatic nitrogens is 4. The fourth-order valence-corrected chi connectivity index (χ4v) is 7.04. The van der Waals surface area contributed by atoms with Crippen molar-refractivity contribution in [1.29, 1.82) is 0 Å². The lowest BCUT2D eigenvalue weighted by atomic mass is 10.0. The summed E-state index contributed by atoms with van der Waals surface area (Å²) in [5, 5.41) is 8.73. The van der Waals surface area contributed by atoms with E-state index in [9.17, 15) is 9.59 Å². The molecule has 10 heteroatoms. The zero-order valence-corrected chi connectivity index (χ0v) is 29.2. The third kappa shape index (κ3) is 8.23. The SMILES string of the molecule is CCCCc1nc2c(N)nc3cccnc3c2n1CCCCCC(=O)c1ccc(N2CCCC2)cc1.O=C(O)c1ccc(N2CCCC2)cc1.[2HH]. The maximum Gasteiger partial charge on any atom is 0.335 e. The highest BCUT2D eigenvalue weighted by molar-refractivity contribution is 6.04.